The Labute approximate surface area is 199 Å². The highest BCUT2D eigenvalue weighted by Crippen LogP contribution is 2.29. The van der Waals surface area contributed by atoms with Crippen molar-refractivity contribution in [3.05, 3.63) is 126 Å². The van der Waals surface area contributed by atoms with Crippen LogP contribution in [-0.4, -0.2) is 15.9 Å². The van der Waals surface area contributed by atoms with E-state index in [4.69, 9.17) is 4.98 Å². The van der Waals surface area contributed by atoms with Crippen molar-refractivity contribution in [2.75, 3.05) is 0 Å². The van der Waals surface area contributed by atoms with Gasteiger partial charge in [-0.25, -0.2) is 0 Å². The summed E-state index contributed by atoms with van der Waals surface area (Å²) in [6.45, 7) is 2.02. The van der Waals surface area contributed by atoms with Crippen molar-refractivity contribution in [3.63, 3.8) is 0 Å². The zero-order chi connectivity index (χ0) is 23.3. The van der Waals surface area contributed by atoms with Gasteiger partial charge in [-0.15, -0.1) is 0 Å². The van der Waals surface area contributed by atoms with Gasteiger partial charge in [0.05, 0.1) is 18.2 Å². The van der Waals surface area contributed by atoms with Crippen LogP contribution in [0.25, 0.3) is 22.0 Å². The van der Waals surface area contributed by atoms with Crippen LogP contribution in [0.1, 0.15) is 28.6 Å². The number of carbonyl (C=O) groups excluding carboxylic acids is 1. The maximum absolute atomic E-state index is 13.4. The Morgan fingerprint density at radius 3 is 2.38 bits per heavy atom. The summed E-state index contributed by atoms with van der Waals surface area (Å²) >= 11 is 0. The number of nitrogens with one attached hydrogen (secondary N) is 2. The normalized spacial score (nSPS) is 11.9. The van der Waals surface area contributed by atoms with Crippen LogP contribution in [0, 0.1) is 6.92 Å². The molecule has 0 aliphatic heterocycles. The van der Waals surface area contributed by atoms with Crippen molar-refractivity contribution in [2.24, 2.45) is 0 Å². The molecule has 0 unspecified atom stereocenters. The Hall–Kier alpha value is -4.18. The Balaban J connectivity index is 1.48. The summed E-state index contributed by atoms with van der Waals surface area (Å²) in [6, 6.07) is 32.4. The van der Waals surface area contributed by atoms with E-state index in [1.807, 2.05) is 67.6 Å². The van der Waals surface area contributed by atoms with E-state index in [2.05, 4.69) is 46.7 Å². The molecule has 5 rings (SSSR count). The molecule has 3 aromatic carbocycles. The summed E-state index contributed by atoms with van der Waals surface area (Å²) in [5.74, 6) is -0.0153. The molecule has 0 aliphatic carbocycles. The van der Waals surface area contributed by atoms with Crippen molar-refractivity contribution in [1.29, 1.82) is 0 Å². The van der Waals surface area contributed by atoms with Crippen LogP contribution >= 0.6 is 0 Å². The Kier molecular flexibility index (Phi) is 6.21. The molecule has 0 saturated heterocycles. The average Bonchev–Trinajstić information content (AvgIpc) is 3.19. The molecule has 4 nitrogen and oxygen atoms in total. The van der Waals surface area contributed by atoms with E-state index in [9.17, 15) is 4.79 Å². The number of amides is 1. The van der Waals surface area contributed by atoms with Crippen molar-refractivity contribution in [2.45, 2.75) is 25.8 Å². The van der Waals surface area contributed by atoms with Crippen LogP contribution in [0.3, 0.4) is 0 Å². The first-order chi connectivity index (χ1) is 16.7. The minimum absolute atomic E-state index is 0.0153. The van der Waals surface area contributed by atoms with Gasteiger partial charge in [-0.1, -0.05) is 84.9 Å². The smallest absolute Gasteiger partial charge is 0.225 e. The molecule has 0 aliphatic rings. The average molecular weight is 446 g/mol. The van der Waals surface area contributed by atoms with Gasteiger partial charge in [-0.2, -0.15) is 0 Å². The highest BCUT2D eigenvalue weighted by atomic mass is 16.1. The fourth-order valence-electron chi connectivity index (χ4n) is 4.59. The molecule has 0 saturated carbocycles. The Morgan fingerprint density at radius 2 is 1.59 bits per heavy atom. The molecule has 4 heteroatoms. The molecule has 0 bridgehead atoms. The van der Waals surface area contributed by atoms with Crippen LogP contribution in [0.4, 0.5) is 0 Å². The van der Waals surface area contributed by atoms with Gasteiger partial charge in [-0.05, 0) is 42.2 Å². The third-order valence-electron chi connectivity index (χ3n) is 6.24. The molecule has 1 atom stereocenters. The molecule has 2 N–H and O–H groups in total. The van der Waals surface area contributed by atoms with E-state index in [1.165, 1.54) is 0 Å². The lowest BCUT2D eigenvalue weighted by molar-refractivity contribution is -0.121. The maximum Gasteiger partial charge on any atom is 0.225 e. The number of rotatable bonds is 7. The number of fused-ring (bicyclic) bond motifs is 1. The van der Waals surface area contributed by atoms with Gasteiger partial charge < -0.3 is 10.3 Å². The van der Waals surface area contributed by atoms with Crippen LogP contribution < -0.4 is 5.32 Å². The summed E-state index contributed by atoms with van der Waals surface area (Å²) in [6.07, 6.45) is 2.78. The predicted octanol–water partition coefficient (Wildman–Crippen LogP) is 6.18. The van der Waals surface area contributed by atoms with E-state index < -0.39 is 0 Å². The lowest BCUT2D eigenvalue weighted by Gasteiger charge is -2.21. The second kappa shape index (κ2) is 9.75. The molecule has 0 spiro atoms. The van der Waals surface area contributed by atoms with Crippen molar-refractivity contribution < 1.29 is 4.79 Å². The Bertz CT molecular complexity index is 1410. The van der Waals surface area contributed by atoms with E-state index in [0.29, 0.717) is 12.8 Å². The zero-order valence-electron chi connectivity index (χ0n) is 19.2. The fraction of sp³-hybridized carbons (Fsp3) is 0.133. The number of pyridine rings is 1. The minimum atomic E-state index is -0.253. The number of para-hydroxylation sites is 1. The maximum atomic E-state index is 13.4. The zero-order valence-corrected chi connectivity index (χ0v) is 19.2. The monoisotopic (exact) mass is 445 g/mol. The van der Waals surface area contributed by atoms with Crippen LogP contribution in [0.15, 0.2) is 103 Å². The van der Waals surface area contributed by atoms with Gasteiger partial charge in [-0.3, -0.25) is 9.78 Å². The highest BCUT2D eigenvalue weighted by Gasteiger charge is 2.22. The number of aryl methyl sites for hydroxylation is 1. The van der Waals surface area contributed by atoms with Crippen molar-refractivity contribution >= 4 is 16.8 Å². The van der Waals surface area contributed by atoms with Crippen molar-refractivity contribution in [3.8, 4) is 11.1 Å². The van der Waals surface area contributed by atoms with E-state index in [-0.39, 0.29) is 11.9 Å². The number of H-pyrrole nitrogens is 1. The van der Waals surface area contributed by atoms with Gasteiger partial charge in [0.25, 0.3) is 0 Å². The SMILES string of the molecule is Cc1[nH]c2ccccc2c1CC(=O)N[C@@H](Cc1ccccc1)c1ncccc1-c1ccccc1. The number of hydrogen-bond donors (Lipinski definition) is 2. The van der Waals surface area contributed by atoms with Gasteiger partial charge in [0.15, 0.2) is 0 Å². The molecule has 0 radical (unpaired) electrons. The summed E-state index contributed by atoms with van der Waals surface area (Å²) in [7, 11) is 0. The molecular weight excluding hydrogens is 418 g/mol. The standard InChI is InChI=1S/C30H27N3O/c1-21-26(25-15-8-9-17-27(25)32-21)20-29(34)33-28(19-22-11-4-2-5-12-22)30-24(16-10-18-31-30)23-13-6-3-7-14-23/h2-18,28,32H,19-20H2,1H3,(H,33,34)/t28-/m0/s1. The number of carbonyl (C=O) groups is 1. The van der Waals surface area contributed by atoms with E-state index in [1.54, 1.807) is 6.20 Å². The molecule has 168 valence electrons. The first-order valence-corrected chi connectivity index (χ1v) is 11.6. The van der Waals surface area contributed by atoms with Crippen molar-refractivity contribution in [1.82, 2.24) is 15.3 Å². The minimum Gasteiger partial charge on any atom is -0.358 e. The number of nitrogens with zero attached hydrogens (tertiary/aromatic N) is 1. The van der Waals surface area contributed by atoms with Crippen LogP contribution in [-0.2, 0) is 17.6 Å². The summed E-state index contributed by atoms with van der Waals surface area (Å²) in [5, 5.41) is 4.40. The van der Waals surface area contributed by atoms with Gasteiger partial charge in [0, 0.05) is 28.4 Å². The third-order valence-corrected chi connectivity index (χ3v) is 6.24. The summed E-state index contributed by atoms with van der Waals surface area (Å²) < 4.78 is 0. The largest absolute Gasteiger partial charge is 0.358 e. The topological polar surface area (TPSA) is 57.8 Å². The molecule has 2 aromatic heterocycles. The number of aromatic amines is 1. The molecular formula is C30H27N3O. The van der Waals surface area contributed by atoms with E-state index in [0.717, 1.165) is 44.5 Å². The van der Waals surface area contributed by atoms with Crippen LogP contribution in [0.5, 0.6) is 0 Å². The molecule has 0 fully saturated rings. The second-order valence-corrected chi connectivity index (χ2v) is 8.56. The Morgan fingerprint density at radius 1 is 0.882 bits per heavy atom. The predicted molar refractivity (Wildman–Crippen MR) is 137 cm³/mol. The second-order valence-electron chi connectivity index (χ2n) is 8.56. The van der Waals surface area contributed by atoms with E-state index >= 15 is 0 Å². The lowest BCUT2D eigenvalue weighted by Crippen LogP contribution is -2.32. The first kappa shape index (κ1) is 21.7. The van der Waals surface area contributed by atoms with Crippen LogP contribution in [0.2, 0.25) is 0 Å². The van der Waals surface area contributed by atoms with Gasteiger partial charge in [0.2, 0.25) is 5.91 Å². The molecule has 1 amide bonds. The molecule has 5 aromatic rings. The lowest BCUT2D eigenvalue weighted by atomic mass is 9.95. The molecule has 2 heterocycles. The fourth-order valence-corrected chi connectivity index (χ4v) is 4.59. The molecule has 34 heavy (non-hydrogen) atoms. The number of aromatic nitrogens is 2. The number of benzene rings is 3. The summed E-state index contributed by atoms with van der Waals surface area (Å²) in [4.78, 5) is 21.5. The highest BCUT2D eigenvalue weighted by molar-refractivity contribution is 5.90. The first-order valence-electron chi connectivity index (χ1n) is 11.6. The summed E-state index contributed by atoms with van der Waals surface area (Å²) in [5.41, 5.74) is 7.27. The number of hydrogen-bond acceptors (Lipinski definition) is 2. The van der Waals surface area contributed by atoms with Gasteiger partial charge >= 0.3 is 0 Å². The van der Waals surface area contributed by atoms with Gasteiger partial charge in [0.1, 0.15) is 0 Å². The third kappa shape index (κ3) is 4.62. The quantitative estimate of drug-likeness (QED) is 0.314.